The Morgan fingerprint density at radius 3 is 2.69 bits per heavy atom. The van der Waals surface area contributed by atoms with E-state index in [9.17, 15) is 19.8 Å². The van der Waals surface area contributed by atoms with E-state index in [4.69, 9.17) is 4.74 Å². The number of amides is 1. The number of hydrogen-bond acceptors (Lipinski definition) is 4. The SMILES string of the molecule is O=C(NC(Cc1cc2cc(O)ccc2[nH]1)C(=O)O)c1ccc2c(C3CCCCC3)c3n(c2c1)CCOc1ccccc1-3. The minimum atomic E-state index is -1.13. The highest BCUT2D eigenvalue weighted by Gasteiger charge is 2.30. The van der Waals surface area contributed by atoms with Crippen molar-refractivity contribution in [3.63, 3.8) is 0 Å². The number of aromatic nitrogens is 2. The van der Waals surface area contributed by atoms with Crippen molar-refractivity contribution < 1.29 is 24.5 Å². The number of hydrogen-bond donors (Lipinski definition) is 4. The first-order valence-corrected chi connectivity index (χ1v) is 14.7. The molecule has 214 valence electrons. The lowest BCUT2D eigenvalue weighted by Crippen LogP contribution is -2.42. The van der Waals surface area contributed by atoms with Crippen molar-refractivity contribution in [1.29, 1.82) is 0 Å². The molecule has 4 N–H and O–H groups in total. The molecule has 1 aliphatic carbocycles. The van der Waals surface area contributed by atoms with Crippen LogP contribution < -0.4 is 10.1 Å². The summed E-state index contributed by atoms with van der Waals surface area (Å²) in [5.74, 6) is -0.0889. The summed E-state index contributed by atoms with van der Waals surface area (Å²) in [5.41, 5.74) is 6.43. The molecule has 1 fully saturated rings. The highest BCUT2D eigenvalue weighted by atomic mass is 16.5. The zero-order chi connectivity index (χ0) is 28.8. The number of phenols is 1. The number of para-hydroxylation sites is 1. The van der Waals surface area contributed by atoms with Crippen molar-refractivity contribution in [1.82, 2.24) is 14.9 Å². The van der Waals surface area contributed by atoms with Gasteiger partial charge in [-0.25, -0.2) is 4.79 Å². The van der Waals surface area contributed by atoms with Crippen LogP contribution in [-0.2, 0) is 17.8 Å². The number of carbonyl (C=O) groups excluding carboxylic acids is 1. The number of rotatable bonds is 6. The zero-order valence-corrected chi connectivity index (χ0v) is 23.2. The molecule has 7 rings (SSSR count). The van der Waals surface area contributed by atoms with Crippen LogP contribution in [-0.4, -0.2) is 44.3 Å². The van der Waals surface area contributed by atoms with Gasteiger partial charge in [0.2, 0.25) is 0 Å². The number of ether oxygens (including phenoxy) is 1. The number of fused-ring (bicyclic) bond motifs is 6. The predicted molar refractivity (Wildman–Crippen MR) is 161 cm³/mol. The number of carboxylic acid groups (broad SMARTS) is 1. The van der Waals surface area contributed by atoms with Gasteiger partial charge in [-0.15, -0.1) is 0 Å². The molecule has 1 unspecified atom stereocenters. The summed E-state index contributed by atoms with van der Waals surface area (Å²) in [6, 6.07) is 19.5. The first-order valence-electron chi connectivity index (χ1n) is 14.7. The molecule has 1 amide bonds. The molecular formula is C34H33N3O5. The fourth-order valence-corrected chi connectivity index (χ4v) is 6.83. The summed E-state index contributed by atoms with van der Waals surface area (Å²) in [7, 11) is 0. The monoisotopic (exact) mass is 563 g/mol. The molecule has 2 aliphatic rings. The Labute approximate surface area is 242 Å². The minimum Gasteiger partial charge on any atom is -0.508 e. The van der Waals surface area contributed by atoms with Gasteiger partial charge >= 0.3 is 5.97 Å². The van der Waals surface area contributed by atoms with Gasteiger partial charge in [-0.1, -0.05) is 37.5 Å². The number of aromatic amines is 1. The molecule has 3 aromatic carbocycles. The summed E-state index contributed by atoms with van der Waals surface area (Å²) >= 11 is 0. The Morgan fingerprint density at radius 1 is 1.02 bits per heavy atom. The van der Waals surface area contributed by atoms with Crippen LogP contribution in [0.5, 0.6) is 11.5 Å². The Bertz CT molecular complexity index is 1830. The van der Waals surface area contributed by atoms with Gasteiger partial charge in [0.15, 0.2) is 0 Å². The molecule has 1 atom stereocenters. The van der Waals surface area contributed by atoms with E-state index in [1.54, 1.807) is 24.3 Å². The Kier molecular flexibility index (Phi) is 6.61. The van der Waals surface area contributed by atoms with E-state index >= 15 is 0 Å². The first-order chi connectivity index (χ1) is 20.5. The summed E-state index contributed by atoms with van der Waals surface area (Å²) in [6.45, 7) is 1.18. The smallest absolute Gasteiger partial charge is 0.326 e. The average molecular weight is 564 g/mol. The summed E-state index contributed by atoms with van der Waals surface area (Å²) < 4.78 is 8.43. The van der Waals surface area contributed by atoms with E-state index in [0.717, 1.165) is 46.0 Å². The highest BCUT2D eigenvalue weighted by molar-refractivity contribution is 6.02. The summed E-state index contributed by atoms with van der Waals surface area (Å²) in [6.07, 6.45) is 6.06. The Balaban J connectivity index is 1.24. The molecule has 1 aliphatic heterocycles. The van der Waals surface area contributed by atoms with Crippen molar-refractivity contribution in [2.75, 3.05) is 6.61 Å². The van der Waals surface area contributed by atoms with Crippen LogP contribution in [0.2, 0.25) is 0 Å². The molecule has 0 spiro atoms. The van der Waals surface area contributed by atoms with Gasteiger partial charge in [0, 0.05) is 45.0 Å². The summed E-state index contributed by atoms with van der Waals surface area (Å²) in [5, 5.41) is 24.4. The number of nitrogens with one attached hydrogen (secondary N) is 2. The molecule has 42 heavy (non-hydrogen) atoms. The van der Waals surface area contributed by atoms with E-state index in [0.29, 0.717) is 30.3 Å². The van der Waals surface area contributed by atoms with Crippen molar-refractivity contribution in [3.8, 4) is 22.8 Å². The van der Waals surface area contributed by atoms with Crippen molar-refractivity contribution in [2.24, 2.45) is 0 Å². The lowest BCUT2D eigenvalue weighted by molar-refractivity contribution is -0.139. The molecule has 0 bridgehead atoms. The van der Waals surface area contributed by atoms with Gasteiger partial charge in [0.1, 0.15) is 24.1 Å². The van der Waals surface area contributed by atoms with Gasteiger partial charge in [-0.2, -0.15) is 0 Å². The first kappa shape index (κ1) is 26.2. The number of H-pyrrole nitrogens is 1. The number of carboxylic acids is 1. The average Bonchev–Trinajstić information content (AvgIpc) is 3.48. The predicted octanol–water partition coefficient (Wildman–Crippen LogP) is 6.36. The van der Waals surface area contributed by atoms with E-state index in [-0.39, 0.29) is 12.2 Å². The van der Waals surface area contributed by atoms with Crippen LogP contribution in [0.25, 0.3) is 33.1 Å². The second-order valence-corrected chi connectivity index (χ2v) is 11.5. The minimum absolute atomic E-state index is 0.0826. The third kappa shape index (κ3) is 4.66. The maximum atomic E-state index is 13.5. The second-order valence-electron chi connectivity index (χ2n) is 11.5. The molecule has 8 heteroatoms. The van der Waals surface area contributed by atoms with Crippen LogP contribution >= 0.6 is 0 Å². The number of phenolic OH excluding ortho intramolecular Hbond substituents is 1. The van der Waals surface area contributed by atoms with Crippen LogP contribution in [0.1, 0.15) is 59.6 Å². The van der Waals surface area contributed by atoms with Crippen molar-refractivity contribution in [3.05, 3.63) is 83.6 Å². The zero-order valence-electron chi connectivity index (χ0n) is 23.2. The van der Waals surface area contributed by atoms with Crippen LogP contribution in [0.15, 0.2) is 66.7 Å². The van der Waals surface area contributed by atoms with E-state index in [2.05, 4.69) is 20.9 Å². The Hall–Kier alpha value is -4.72. The number of nitrogens with zero attached hydrogens (tertiary/aromatic N) is 1. The quantitative estimate of drug-likeness (QED) is 0.192. The molecule has 0 saturated heterocycles. The topological polar surface area (TPSA) is 117 Å². The molecular weight excluding hydrogens is 530 g/mol. The molecule has 8 nitrogen and oxygen atoms in total. The maximum Gasteiger partial charge on any atom is 0.326 e. The molecule has 5 aromatic rings. The van der Waals surface area contributed by atoms with Crippen molar-refractivity contribution >= 4 is 33.7 Å². The fourth-order valence-electron chi connectivity index (χ4n) is 6.83. The lowest BCUT2D eigenvalue weighted by Gasteiger charge is -2.23. The van der Waals surface area contributed by atoms with Crippen LogP contribution in [0.4, 0.5) is 0 Å². The van der Waals surface area contributed by atoms with Crippen molar-refractivity contribution in [2.45, 2.75) is 57.0 Å². The molecule has 1 saturated carbocycles. The number of aliphatic carboxylic acids is 1. The normalized spacial score (nSPS) is 15.9. The molecule has 3 heterocycles. The lowest BCUT2D eigenvalue weighted by atomic mass is 9.81. The molecule has 2 aromatic heterocycles. The van der Waals surface area contributed by atoms with Crippen LogP contribution in [0, 0.1) is 0 Å². The van der Waals surface area contributed by atoms with Gasteiger partial charge < -0.3 is 29.8 Å². The van der Waals surface area contributed by atoms with E-state index in [1.165, 1.54) is 30.5 Å². The number of benzene rings is 3. The van der Waals surface area contributed by atoms with E-state index < -0.39 is 17.9 Å². The van der Waals surface area contributed by atoms with Gasteiger partial charge in [0.05, 0.1) is 12.2 Å². The van der Waals surface area contributed by atoms with Gasteiger partial charge in [0.25, 0.3) is 5.91 Å². The number of carbonyl (C=O) groups is 2. The largest absolute Gasteiger partial charge is 0.508 e. The third-order valence-corrected chi connectivity index (χ3v) is 8.78. The standard InChI is InChI=1S/C34H33N3O5/c38-24-11-13-27-22(17-24)16-23(35-27)19-28(34(40)41)36-33(39)21-10-12-25-29(18-21)37-14-15-42-30-9-5-4-8-26(30)32(37)31(25)20-6-2-1-3-7-20/h4-5,8-13,16-18,20,28,35,38H,1-3,6-7,14-15,19H2,(H,36,39)(H,40,41). The molecule has 0 radical (unpaired) electrons. The maximum absolute atomic E-state index is 13.5. The Morgan fingerprint density at radius 2 is 1.86 bits per heavy atom. The van der Waals surface area contributed by atoms with Gasteiger partial charge in [-0.3, -0.25) is 4.79 Å². The summed E-state index contributed by atoms with van der Waals surface area (Å²) in [4.78, 5) is 28.9. The van der Waals surface area contributed by atoms with Crippen LogP contribution in [0.3, 0.4) is 0 Å². The second kappa shape index (κ2) is 10.6. The third-order valence-electron chi connectivity index (χ3n) is 8.78. The van der Waals surface area contributed by atoms with Gasteiger partial charge in [-0.05, 0) is 72.9 Å². The fraction of sp³-hybridized carbons (Fsp3) is 0.294. The highest BCUT2D eigenvalue weighted by Crippen LogP contribution is 2.47. The number of aromatic hydroxyl groups is 1. The van der Waals surface area contributed by atoms with E-state index in [1.807, 2.05) is 36.4 Å².